The molecule has 0 atom stereocenters. The minimum atomic E-state index is -0.0870. The third-order valence-electron chi connectivity index (χ3n) is 3.32. The molecule has 114 valence electrons. The van der Waals surface area contributed by atoms with Gasteiger partial charge in [-0.2, -0.15) is 0 Å². The van der Waals surface area contributed by atoms with Crippen LogP contribution in [0.1, 0.15) is 32.4 Å². The van der Waals surface area contributed by atoms with Gasteiger partial charge in [-0.05, 0) is 38.3 Å². The minimum absolute atomic E-state index is 0.0870. The molecule has 0 aromatic carbocycles. The van der Waals surface area contributed by atoms with Gasteiger partial charge in [-0.3, -0.25) is 4.79 Å². The second kappa shape index (κ2) is 6.06. The topological polar surface area (TPSA) is 55.1 Å². The van der Waals surface area contributed by atoms with Crippen LogP contribution in [-0.2, 0) is 6.54 Å². The summed E-state index contributed by atoms with van der Waals surface area (Å²) in [5.41, 5.74) is 1.78. The quantitative estimate of drug-likeness (QED) is 0.774. The van der Waals surface area contributed by atoms with Crippen LogP contribution in [0.25, 0.3) is 9.88 Å². The number of carbonyl (C=O) groups is 1. The molecule has 3 rings (SSSR count). The number of amides is 1. The summed E-state index contributed by atoms with van der Waals surface area (Å²) < 4.78 is 5.47. The molecule has 1 amide bonds. The Labute approximate surface area is 136 Å². The standard InChI is InChI=1S/C16H16N2O2S2/c1-9-7-12(11(3)20-9)8-17-15(19)14-10(2)18-16(22-14)13-5-4-6-21-13/h4-7H,8H2,1-3H3,(H,17,19). The maximum atomic E-state index is 12.4. The molecule has 0 aliphatic heterocycles. The van der Waals surface area contributed by atoms with Crippen LogP contribution in [-0.4, -0.2) is 10.9 Å². The lowest BCUT2D eigenvalue weighted by Gasteiger charge is -2.02. The molecule has 0 fully saturated rings. The van der Waals surface area contributed by atoms with Crippen LogP contribution in [0.5, 0.6) is 0 Å². The molecule has 1 N–H and O–H groups in total. The fourth-order valence-corrected chi connectivity index (χ4v) is 4.01. The molecule has 0 spiro atoms. The summed E-state index contributed by atoms with van der Waals surface area (Å²) in [6.45, 7) is 6.14. The highest BCUT2D eigenvalue weighted by Crippen LogP contribution is 2.31. The van der Waals surface area contributed by atoms with Crippen molar-refractivity contribution in [3.8, 4) is 9.88 Å². The van der Waals surface area contributed by atoms with E-state index in [9.17, 15) is 4.79 Å². The number of hydrogen-bond donors (Lipinski definition) is 1. The first-order valence-electron chi connectivity index (χ1n) is 6.90. The van der Waals surface area contributed by atoms with Gasteiger partial charge in [-0.1, -0.05) is 6.07 Å². The molecule has 3 heterocycles. The molecule has 4 nitrogen and oxygen atoms in total. The summed E-state index contributed by atoms with van der Waals surface area (Å²) in [6, 6.07) is 5.95. The average molecular weight is 332 g/mol. The Morgan fingerprint density at radius 3 is 2.82 bits per heavy atom. The largest absolute Gasteiger partial charge is 0.466 e. The lowest BCUT2D eigenvalue weighted by Crippen LogP contribution is -2.22. The van der Waals surface area contributed by atoms with Crippen molar-refractivity contribution in [2.45, 2.75) is 27.3 Å². The van der Waals surface area contributed by atoms with Crippen molar-refractivity contribution >= 4 is 28.6 Å². The van der Waals surface area contributed by atoms with Crippen LogP contribution >= 0.6 is 22.7 Å². The summed E-state index contributed by atoms with van der Waals surface area (Å²) in [4.78, 5) is 18.6. The summed E-state index contributed by atoms with van der Waals surface area (Å²) >= 11 is 3.06. The van der Waals surface area contributed by atoms with Gasteiger partial charge in [0.2, 0.25) is 0 Å². The second-order valence-corrected chi connectivity index (χ2v) is 6.98. The van der Waals surface area contributed by atoms with E-state index >= 15 is 0 Å². The van der Waals surface area contributed by atoms with Gasteiger partial charge in [-0.25, -0.2) is 4.98 Å². The zero-order valence-corrected chi connectivity index (χ0v) is 14.2. The highest BCUT2D eigenvalue weighted by atomic mass is 32.1. The molecule has 0 bridgehead atoms. The van der Waals surface area contributed by atoms with Crippen molar-refractivity contribution in [1.29, 1.82) is 0 Å². The lowest BCUT2D eigenvalue weighted by atomic mass is 10.2. The first-order valence-corrected chi connectivity index (χ1v) is 8.59. The Kier molecular flexibility index (Phi) is 4.13. The van der Waals surface area contributed by atoms with Gasteiger partial charge >= 0.3 is 0 Å². The third-order valence-corrected chi connectivity index (χ3v) is 5.51. The molecule has 0 aliphatic rings. The molecule has 3 aromatic rings. The van der Waals surface area contributed by atoms with E-state index in [-0.39, 0.29) is 5.91 Å². The Hall–Kier alpha value is -1.92. The number of nitrogens with zero attached hydrogens (tertiary/aromatic N) is 1. The monoisotopic (exact) mass is 332 g/mol. The zero-order chi connectivity index (χ0) is 15.7. The molecular formula is C16H16N2O2S2. The van der Waals surface area contributed by atoms with Crippen molar-refractivity contribution in [2.24, 2.45) is 0 Å². The first-order chi connectivity index (χ1) is 10.5. The number of nitrogens with one attached hydrogen (secondary N) is 1. The number of thiazole rings is 1. The van der Waals surface area contributed by atoms with Crippen molar-refractivity contribution in [3.63, 3.8) is 0 Å². The second-order valence-electron chi connectivity index (χ2n) is 5.03. The smallest absolute Gasteiger partial charge is 0.263 e. The van der Waals surface area contributed by atoms with Crippen molar-refractivity contribution in [1.82, 2.24) is 10.3 Å². The van der Waals surface area contributed by atoms with Crippen LogP contribution in [0.4, 0.5) is 0 Å². The van der Waals surface area contributed by atoms with Gasteiger partial charge in [0.05, 0.1) is 10.6 Å². The molecule has 22 heavy (non-hydrogen) atoms. The van der Waals surface area contributed by atoms with Crippen LogP contribution in [0.15, 0.2) is 28.0 Å². The predicted molar refractivity (Wildman–Crippen MR) is 89.5 cm³/mol. The summed E-state index contributed by atoms with van der Waals surface area (Å²) in [5.74, 6) is 1.62. The van der Waals surface area contributed by atoms with E-state index in [0.717, 1.165) is 32.7 Å². The summed E-state index contributed by atoms with van der Waals surface area (Å²) in [7, 11) is 0. The predicted octanol–water partition coefficient (Wildman–Crippen LogP) is 4.32. The highest BCUT2D eigenvalue weighted by Gasteiger charge is 2.17. The van der Waals surface area contributed by atoms with Crippen LogP contribution in [0.2, 0.25) is 0 Å². The Morgan fingerprint density at radius 1 is 1.36 bits per heavy atom. The molecule has 6 heteroatoms. The summed E-state index contributed by atoms with van der Waals surface area (Å²) in [6.07, 6.45) is 0. The first kappa shape index (κ1) is 15.0. The molecule has 0 radical (unpaired) electrons. The van der Waals surface area contributed by atoms with Gasteiger partial charge in [0.1, 0.15) is 21.4 Å². The molecule has 0 saturated carbocycles. The van der Waals surface area contributed by atoms with Crippen molar-refractivity contribution in [2.75, 3.05) is 0 Å². The van der Waals surface area contributed by atoms with Crippen molar-refractivity contribution < 1.29 is 9.21 Å². The van der Waals surface area contributed by atoms with E-state index in [1.165, 1.54) is 11.3 Å². The van der Waals surface area contributed by atoms with Crippen molar-refractivity contribution in [3.05, 3.63) is 51.2 Å². The fraction of sp³-hybridized carbons (Fsp3) is 0.250. The lowest BCUT2D eigenvalue weighted by molar-refractivity contribution is 0.0954. The minimum Gasteiger partial charge on any atom is -0.466 e. The fourth-order valence-electron chi connectivity index (χ4n) is 2.23. The van der Waals surface area contributed by atoms with Gasteiger partial charge < -0.3 is 9.73 Å². The number of thiophene rings is 1. The molecule has 0 unspecified atom stereocenters. The maximum Gasteiger partial charge on any atom is 0.263 e. The number of carbonyl (C=O) groups excluding carboxylic acids is 1. The van der Waals surface area contributed by atoms with Gasteiger partial charge in [0.25, 0.3) is 5.91 Å². The molecule has 0 aliphatic carbocycles. The van der Waals surface area contributed by atoms with E-state index in [2.05, 4.69) is 10.3 Å². The Morgan fingerprint density at radius 2 is 2.18 bits per heavy atom. The maximum absolute atomic E-state index is 12.4. The van der Waals surface area contributed by atoms with Crippen LogP contribution in [0.3, 0.4) is 0 Å². The van der Waals surface area contributed by atoms with E-state index in [1.54, 1.807) is 11.3 Å². The van der Waals surface area contributed by atoms with E-state index in [0.29, 0.717) is 11.4 Å². The number of furan rings is 1. The average Bonchev–Trinajstić information content (AvgIpc) is 3.16. The van der Waals surface area contributed by atoms with Gasteiger partial charge in [0.15, 0.2) is 0 Å². The summed E-state index contributed by atoms with van der Waals surface area (Å²) in [5, 5.41) is 5.85. The number of hydrogen-bond acceptors (Lipinski definition) is 5. The van der Waals surface area contributed by atoms with Crippen LogP contribution in [0, 0.1) is 20.8 Å². The van der Waals surface area contributed by atoms with Gasteiger partial charge in [0, 0.05) is 12.1 Å². The van der Waals surface area contributed by atoms with Gasteiger partial charge in [-0.15, -0.1) is 22.7 Å². The third kappa shape index (κ3) is 2.98. The Balaban J connectivity index is 1.74. The normalized spacial score (nSPS) is 10.9. The molecule has 0 saturated heterocycles. The Bertz CT molecular complexity index is 800. The highest BCUT2D eigenvalue weighted by molar-refractivity contribution is 7.22. The zero-order valence-electron chi connectivity index (χ0n) is 12.6. The number of aryl methyl sites for hydroxylation is 3. The van der Waals surface area contributed by atoms with Crippen LogP contribution < -0.4 is 5.32 Å². The number of rotatable bonds is 4. The van der Waals surface area contributed by atoms with E-state index < -0.39 is 0 Å². The molecular weight excluding hydrogens is 316 g/mol. The SMILES string of the molecule is Cc1cc(CNC(=O)c2sc(-c3cccs3)nc2C)c(C)o1. The van der Waals surface area contributed by atoms with E-state index in [4.69, 9.17) is 4.42 Å². The number of aromatic nitrogens is 1. The van der Waals surface area contributed by atoms with E-state index in [1.807, 2.05) is 44.4 Å². The molecule has 3 aromatic heterocycles.